The smallest absolute Gasteiger partial charge is 0.345 e. The Balaban J connectivity index is 1.70. The van der Waals surface area contributed by atoms with Gasteiger partial charge >= 0.3 is 5.97 Å². The second-order valence-electron chi connectivity index (χ2n) is 8.04. The molecule has 3 aromatic carbocycles. The molecule has 0 saturated heterocycles. The van der Waals surface area contributed by atoms with Crippen molar-refractivity contribution in [2.24, 2.45) is 0 Å². The molecule has 1 aliphatic heterocycles. The monoisotopic (exact) mass is 395 g/mol. The zero-order chi connectivity index (χ0) is 20.2. The van der Waals surface area contributed by atoms with Crippen LogP contribution in [0.3, 0.4) is 0 Å². The van der Waals surface area contributed by atoms with E-state index in [2.05, 4.69) is 24.0 Å². The molecule has 0 fully saturated rings. The van der Waals surface area contributed by atoms with E-state index in [9.17, 15) is 4.79 Å². The third kappa shape index (κ3) is 2.43. The lowest BCUT2D eigenvalue weighted by atomic mass is 9.87. The fourth-order valence-corrected chi connectivity index (χ4v) is 4.83. The van der Waals surface area contributed by atoms with Crippen molar-refractivity contribution in [2.45, 2.75) is 32.6 Å². The van der Waals surface area contributed by atoms with Crippen molar-refractivity contribution in [1.29, 1.82) is 0 Å². The molecule has 6 rings (SSSR count). The maximum Gasteiger partial charge on any atom is 0.345 e. The number of fused-ring (bicyclic) bond motifs is 5. The molecule has 4 aromatic rings. The van der Waals surface area contributed by atoms with E-state index in [1.54, 1.807) is 0 Å². The first-order valence-corrected chi connectivity index (χ1v) is 10.5. The average molecular weight is 395 g/mol. The van der Waals surface area contributed by atoms with Gasteiger partial charge < -0.3 is 9.15 Å². The molecule has 0 bridgehead atoms. The van der Waals surface area contributed by atoms with Crippen LogP contribution in [0.15, 0.2) is 65.1 Å². The van der Waals surface area contributed by atoms with Crippen LogP contribution in [0.1, 0.15) is 39.9 Å². The van der Waals surface area contributed by atoms with Gasteiger partial charge in [-0.05, 0) is 79.6 Å². The topological polar surface area (TPSA) is 42.7 Å². The van der Waals surface area contributed by atoms with E-state index in [0.717, 1.165) is 29.6 Å². The van der Waals surface area contributed by atoms with Gasteiger partial charge in [0.1, 0.15) is 5.58 Å². The fourth-order valence-electron chi connectivity index (χ4n) is 4.83. The summed E-state index contributed by atoms with van der Waals surface area (Å²) in [5, 5.41) is 0.805. The maximum absolute atomic E-state index is 13.0. The molecule has 0 radical (unpaired) electrons. The van der Waals surface area contributed by atoms with Crippen molar-refractivity contribution in [1.82, 2.24) is 0 Å². The van der Waals surface area contributed by atoms with Crippen LogP contribution in [0.2, 0.25) is 0 Å². The normalized spacial score (nSPS) is 15.2. The average Bonchev–Trinajstić information content (AvgIpc) is 3.08. The van der Waals surface area contributed by atoms with Gasteiger partial charge in [-0.1, -0.05) is 30.3 Å². The van der Waals surface area contributed by atoms with Gasteiger partial charge in [0.05, 0.1) is 22.3 Å². The van der Waals surface area contributed by atoms with Gasteiger partial charge in [0.25, 0.3) is 0 Å². The summed E-state index contributed by atoms with van der Waals surface area (Å²) in [7, 11) is 0. The Morgan fingerprint density at radius 3 is 2.50 bits per heavy atom. The third-order valence-electron chi connectivity index (χ3n) is 6.28. The molecule has 0 unspecified atom stereocenters. The Bertz CT molecular complexity index is 1320. The summed E-state index contributed by atoms with van der Waals surface area (Å²) < 4.78 is 12.2. The van der Waals surface area contributed by atoms with Crippen LogP contribution in [0.25, 0.3) is 11.0 Å². The molecule has 2 heterocycles. The molecule has 30 heavy (non-hydrogen) atoms. The number of nitrogens with zero attached hydrogens (tertiary/aromatic N) is 1. The molecule has 1 aromatic heterocycles. The predicted octanol–water partition coefficient (Wildman–Crippen LogP) is 6.62. The van der Waals surface area contributed by atoms with E-state index in [4.69, 9.17) is 9.15 Å². The summed E-state index contributed by atoms with van der Waals surface area (Å²) in [5.41, 5.74) is 7.20. The lowest BCUT2D eigenvalue weighted by Crippen LogP contribution is -2.16. The summed E-state index contributed by atoms with van der Waals surface area (Å²) in [6.45, 7) is 2.18. The molecular weight excluding hydrogens is 374 g/mol. The predicted molar refractivity (Wildman–Crippen MR) is 117 cm³/mol. The van der Waals surface area contributed by atoms with Crippen LogP contribution >= 0.6 is 0 Å². The Morgan fingerprint density at radius 2 is 1.60 bits per heavy atom. The largest absolute Gasteiger partial charge is 0.436 e. The first-order chi connectivity index (χ1) is 14.7. The molecular formula is C26H21NO3. The minimum Gasteiger partial charge on any atom is -0.436 e. The third-order valence-corrected chi connectivity index (χ3v) is 6.28. The number of rotatable bonds is 1. The Kier molecular flexibility index (Phi) is 3.75. The second kappa shape index (κ2) is 6.49. The summed E-state index contributed by atoms with van der Waals surface area (Å²) in [4.78, 5) is 15.1. The van der Waals surface area contributed by atoms with Crippen molar-refractivity contribution in [3.05, 3.63) is 82.9 Å². The number of hydrogen-bond donors (Lipinski definition) is 0. The van der Waals surface area contributed by atoms with Crippen LogP contribution < -0.4 is 9.64 Å². The first-order valence-electron chi connectivity index (χ1n) is 10.5. The van der Waals surface area contributed by atoms with E-state index in [0.29, 0.717) is 22.8 Å². The zero-order valence-corrected chi connectivity index (χ0v) is 16.8. The van der Waals surface area contributed by atoms with Gasteiger partial charge in [-0.3, -0.25) is 4.90 Å². The highest BCUT2D eigenvalue weighted by Gasteiger charge is 2.34. The number of benzene rings is 3. The highest BCUT2D eigenvalue weighted by atomic mass is 16.5. The Morgan fingerprint density at radius 1 is 0.833 bits per heavy atom. The number of anilines is 3. The lowest BCUT2D eigenvalue weighted by molar-refractivity contribution is 0.0740. The van der Waals surface area contributed by atoms with Gasteiger partial charge in [0.15, 0.2) is 0 Å². The molecule has 0 saturated carbocycles. The number of hydrogen-bond acceptors (Lipinski definition) is 4. The molecule has 148 valence electrons. The number of furan rings is 1. The molecule has 4 heteroatoms. The number of aryl methyl sites for hydroxylation is 1. The second-order valence-corrected chi connectivity index (χ2v) is 8.04. The van der Waals surface area contributed by atoms with Crippen molar-refractivity contribution < 1.29 is 13.9 Å². The number of para-hydroxylation sites is 2. The number of carbonyl (C=O) groups is 1. The van der Waals surface area contributed by atoms with Gasteiger partial charge in [-0.25, -0.2) is 4.79 Å². The van der Waals surface area contributed by atoms with Crippen molar-refractivity contribution in [3.8, 4) is 5.75 Å². The van der Waals surface area contributed by atoms with E-state index in [-0.39, 0.29) is 5.97 Å². The number of esters is 1. The summed E-state index contributed by atoms with van der Waals surface area (Å²) in [5.74, 6) is 0.685. The summed E-state index contributed by atoms with van der Waals surface area (Å²) in [6, 6.07) is 19.6. The van der Waals surface area contributed by atoms with Crippen molar-refractivity contribution in [3.63, 3.8) is 0 Å². The van der Waals surface area contributed by atoms with Gasteiger partial charge in [-0.2, -0.15) is 0 Å². The number of ether oxygens (including phenoxy) is 1. The zero-order valence-electron chi connectivity index (χ0n) is 16.8. The van der Waals surface area contributed by atoms with E-state index < -0.39 is 0 Å². The van der Waals surface area contributed by atoms with Crippen molar-refractivity contribution in [2.75, 3.05) is 4.90 Å². The van der Waals surface area contributed by atoms with Gasteiger partial charge in [0, 0.05) is 0 Å². The van der Waals surface area contributed by atoms with Gasteiger partial charge in [0.2, 0.25) is 11.6 Å². The quantitative estimate of drug-likeness (QED) is 0.340. The van der Waals surface area contributed by atoms with E-state index in [1.807, 2.05) is 48.5 Å². The molecule has 0 spiro atoms. The van der Waals surface area contributed by atoms with Crippen LogP contribution in [0, 0.1) is 6.92 Å². The maximum atomic E-state index is 13.0. The molecule has 1 aliphatic carbocycles. The molecule has 0 amide bonds. The highest BCUT2D eigenvalue weighted by molar-refractivity contribution is 6.06. The van der Waals surface area contributed by atoms with Crippen LogP contribution in [-0.4, -0.2) is 5.97 Å². The fraction of sp³-hybridized carbons (Fsp3) is 0.192. The standard InChI is InChI=1S/C26H21NO3/c1-16-14-15-22(18-9-3-2-8-17(16)18)27-21-12-6-4-10-19(21)26(28)30-24-20-11-5-7-13-23(20)29-25(24)27/h4-7,10-15H,2-3,8-9H2,1H3. The summed E-state index contributed by atoms with van der Waals surface area (Å²) >= 11 is 0. The molecule has 2 aliphatic rings. The van der Waals surface area contributed by atoms with Crippen LogP contribution in [0.4, 0.5) is 17.3 Å². The molecule has 4 nitrogen and oxygen atoms in total. The lowest BCUT2D eigenvalue weighted by Gasteiger charge is -2.29. The van der Waals surface area contributed by atoms with E-state index >= 15 is 0 Å². The summed E-state index contributed by atoms with van der Waals surface area (Å²) in [6.07, 6.45) is 4.50. The molecule has 0 atom stereocenters. The minimum absolute atomic E-state index is 0.359. The first kappa shape index (κ1) is 17.3. The minimum atomic E-state index is -0.359. The van der Waals surface area contributed by atoms with Crippen LogP contribution in [0.5, 0.6) is 5.75 Å². The highest BCUT2D eigenvalue weighted by Crippen LogP contribution is 2.50. The molecule has 0 N–H and O–H groups in total. The number of carbonyl (C=O) groups excluding carboxylic acids is 1. The SMILES string of the molecule is Cc1ccc(N2c3ccccc3C(=O)Oc3c2oc2ccccc32)c2c1CCCC2. The van der Waals surface area contributed by atoms with Crippen LogP contribution in [-0.2, 0) is 12.8 Å². The van der Waals surface area contributed by atoms with E-state index in [1.165, 1.54) is 29.5 Å². The van der Waals surface area contributed by atoms with Gasteiger partial charge in [-0.15, -0.1) is 0 Å². The van der Waals surface area contributed by atoms with Crippen molar-refractivity contribution >= 4 is 34.2 Å². The Hall–Kier alpha value is -3.53. The Labute approximate surface area is 174 Å².